The first-order chi connectivity index (χ1) is 7.17. The summed E-state index contributed by atoms with van der Waals surface area (Å²) in [5.41, 5.74) is -1.06. The van der Waals surface area contributed by atoms with E-state index in [0.717, 1.165) is 12.8 Å². The summed E-state index contributed by atoms with van der Waals surface area (Å²) in [7, 11) is 0. The van der Waals surface area contributed by atoms with Crippen molar-refractivity contribution in [2.75, 3.05) is 0 Å². The highest BCUT2D eigenvalue weighted by atomic mass is 16.6. The lowest BCUT2D eigenvalue weighted by Gasteiger charge is -2.36. The number of nitrogens with zero attached hydrogens (tertiary/aromatic N) is 1. The summed E-state index contributed by atoms with van der Waals surface area (Å²) in [6.07, 6.45) is 7.20. The van der Waals surface area contributed by atoms with E-state index in [-0.39, 0.29) is 12.1 Å². The van der Waals surface area contributed by atoms with Gasteiger partial charge < -0.3 is 4.74 Å². The molecule has 0 aromatic carbocycles. The second kappa shape index (κ2) is 4.01. The van der Waals surface area contributed by atoms with Gasteiger partial charge in [0.1, 0.15) is 11.1 Å². The van der Waals surface area contributed by atoms with Crippen molar-refractivity contribution in [1.82, 2.24) is 4.90 Å². The Morgan fingerprint density at radius 2 is 1.81 bits per heavy atom. The highest BCUT2D eigenvalue weighted by Crippen LogP contribution is 2.33. The molecule has 0 bridgehead atoms. The van der Waals surface area contributed by atoms with Crippen molar-refractivity contribution >= 4 is 6.09 Å². The van der Waals surface area contributed by atoms with E-state index in [0.29, 0.717) is 0 Å². The molecule has 0 aromatic heterocycles. The number of carbonyl (C=O) groups is 1. The Kier molecular flexibility index (Phi) is 3.23. The Bertz CT molecular complexity index is 316. The van der Waals surface area contributed by atoms with Gasteiger partial charge in [-0.2, -0.15) is 0 Å². The van der Waals surface area contributed by atoms with Gasteiger partial charge in [-0.1, -0.05) is 5.92 Å². The summed E-state index contributed by atoms with van der Waals surface area (Å²) in [6.45, 7) is 9.32. The number of amides is 1. The van der Waals surface area contributed by atoms with Gasteiger partial charge in [0, 0.05) is 6.04 Å². The molecule has 0 unspecified atom stereocenters. The normalized spacial score (nSPS) is 16.5. The molecule has 1 rings (SSSR count). The molecule has 90 valence electrons. The van der Waals surface area contributed by atoms with Crippen molar-refractivity contribution in [3.63, 3.8) is 0 Å². The van der Waals surface area contributed by atoms with Crippen molar-refractivity contribution in [3.8, 4) is 12.3 Å². The van der Waals surface area contributed by atoms with Gasteiger partial charge in [-0.25, -0.2) is 4.79 Å². The lowest BCUT2D eigenvalue weighted by atomic mass is 10.0. The average molecular weight is 223 g/mol. The average Bonchev–Trinajstić information content (AvgIpc) is 2.84. The van der Waals surface area contributed by atoms with Gasteiger partial charge in [-0.15, -0.1) is 6.42 Å². The highest BCUT2D eigenvalue weighted by Gasteiger charge is 2.42. The molecule has 0 saturated heterocycles. The molecule has 0 atom stereocenters. The van der Waals surface area contributed by atoms with E-state index in [1.54, 1.807) is 4.90 Å². The van der Waals surface area contributed by atoms with Gasteiger partial charge in [0.25, 0.3) is 0 Å². The molecular weight excluding hydrogens is 202 g/mol. The van der Waals surface area contributed by atoms with E-state index in [1.807, 2.05) is 34.6 Å². The summed E-state index contributed by atoms with van der Waals surface area (Å²) in [6, 6.07) is 0.251. The number of rotatable bonds is 2. The Labute approximate surface area is 98.1 Å². The maximum Gasteiger partial charge on any atom is 0.411 e. The van der Waals surface area contributed by atoms with Crippen LogP contribution in [0.25, 0.3) is 0 Å². The molecule has 0 radical (unpaired) electrons. The van der Waals surface area contributed by atoms with Crippen LogP contribution in [0.4, 0.5) is 4.79 Å². The van der Waals surface area contributed by atoms with Crippen LogP contribution < -0.4 is 0 Å². The Morgan fingerprint density at radius 3 is 2.12 bits per heavy atom. The van der Waals surface area contributed by atoms with E-state index < -0.39 is 11.1 Å². The molecule has 0 aliphatic heterocycles. The second-order valence-electron chi connectivity index (χ2n) is 5.78. The number of ether oxygens (including phenoxy) is 1. The van der Waals surface area contributed by atoms with Crippen LogP contribution in [-0.4, -0.2) is 28.2 Å². The smallest absolute Gasteiger partial charge is 0.411 e. The fourth-order valence-corrected chi connectivity index (χ4v) is 1.55. The van der Waals surface area contributed by atoms with Gasteiger partial charge >= 0.3 is 6.09 Å². The van der Waals surface area contributed by atoms with Crippen LogP contribution >= 0.6 is 0 Å². The van der Waals surface area contributed by atoms with Crippen molar-refractivity contribution in [2.24, 2.45) is 0 Å². The molecule has 1 aliphatic rings. The van der Waals surface area contributed by atoms with Crippen molar-refractivity contribution in [2.45, 2.75) is 64.6 Å². The predicted octanol–water partition coefficient (Wildman–Crippen LogP) is 2.80. The third kappa shape index (κ3) is 3.16. The lowest BCUT2D eigenvalue weighted by molar-refractivity contribution is 0.00953. The van der Waals surface area contributed by atoms with Gasteiger partial charge in [0.2, 0.25) is 0 Å². The van der Waals surface area contributed by atoms with Gasteiger partial charge in [0.05, 0.1) is 0 Å². The molecule has 1 aliphatic carbocycles. The van der Waals surface area contributed by atoms with Gasteiger partial charge in [-0.05, 0) is 47.5 Å². The van der Waals surface area contributed by atoms with Crippen molar-refractivity contribution in [3.05, 3.63) is 0 Å². The minimum absolute atomic E-state index is 0.251. The van der Waals surface area contributed by atoms with Crippen LogP contribution in [0.15, 0.2) is 0 Å². The first-order valence-corrected chi connectivity index (χ1v) is 5.67. The molecule has 1 saturated carbocycles. The molecule has 0 N–H and O–H groups in total. The molecule has 16 heavy (non-hydrogen) atoms. The lowest BCUT2D eigenvalue weighted by Crippen LogP contribution is -2.50. The van der Waals surface area contributed by atoms with E-state index >= 15 is 0 Å². The monoisotopic (exact) mass is 223 g/mol. The number of hydrogen-bond acceptors (Lipinski definition) is 2. The van der Waals surface area contributed by atoms with E-state index in [9.17, 15) is 4.79 Å². The largest absolute Gasteiger partial charge is 0.444 e. The summed E-state index contributed by atoms with van der Waals surface area (Å²) < 4.78 is 5.38. The topological polar surface area (TPSA) is 29.5 Å². The predicted molar refractivity (Wildman–Crippen MR) is 64.0 cm³/mol. The summed E-state index contributed by atoms with van der Waals surface area (Å²) >= 11 is 0. The molecular formula is C13H21NO2. The maximum absolute atomic E-state index is 12.1. The zero-order chi connectivity index (χ0) is 12.6. The minimum atomic E-state index is -0.580. The van der Waals surface area contributed by atoms with Crippen molar-refractivity contribution < 1.29 is 9.53 Å². The third-order valence-corrected chi connectivity index (χ3v) is 2.46. The van der Waals surface area contributed by atoms with Crippen LogP contribution in [0.3, 0.4) is 0 Å². The summed E-state index contributed by atoms with van der Waals surface area (Å²) in [5, 5.41) is 0. The fourth-order valence-electron chi connectivity index (χ4n) is 1.55. The molecule has 0 spiro atoms. The maximum atomic E-state index is 12.1. The van der Waals surface area contributed by atoms with Crippen molar-refractivity contribution in [1.29, 1.82) is 0 Å². The molecule has 0 heterocycles. The van der Waals surface area contributed by atoms with Crippen LogP contribution in [0.2, 0.25) is 0 Å². The zero-order valence-corrected chi connectivity index (χ0v) is 10.8. The van der Waals surface area contributed by atoms with E-state index in [2.05, 4.69) is 5.92 Å². The molecule has 1 fully saturated rings. The van der Waals surface area contributed by atoms with Gasteiger partial charge in [-0.3, -0.25) is 4.90 Å². The molecule has 3 nitrogen and oxygen atoms in total. The minimum Gasteiger partial charge on any atom is -0.444 e. The van der Waals surface area contributed by atoms with E-state index in [4.69, 9.17) is 11.2 Å². The SMILES string of the molecule is C#CC(C)(C)N(C(=O)OC(C)(C)C)C1CC1. The number of terminal acetylenes is 1. The van der Waals surface area contributed by atoms with Crippen LogP contribution in [-0.2, 0) is 4.74 Å². The highest BCUT2D eigenvalue weighted by molar-refractivity contribution is 5.70. The Balaban J connectivity index is 2.80. The quantitative estimate of drug-likeness (QED) is 0.674. The summed E-state index contributed by atoms with van der Waals surface area (Å²) in [5.74, 6) is 2.65. The van der Waals surface area contributed by atoms with Crippen LogP contribution in [0, 0.1) is 12.3 Å². The fraction of sp³-hybridized carbons (Fsp3) is 0.769. The zero-order valence-electron chi connectivity index (χ0n) is 10.8. The van der Waals surface area contributed by atoms with Crippen LogP contribution in [0.5, 0.6) is 0 Å². The molecule has 3 heteroatoms. The first-order valence-electron chi connectivity index (χ1n) is 5.67. The van der Waals surface area contributed by atoms with E-state index in [1.165, 1.54) is 0 Å². The standard InChI is InChI=1S/C13H21NO2/c1-7-13(5,6)14(10-8-9-10)11(15)16-12(2,3)4/h1,10H,8-9H2,2-6H3. The first kappa shape index (κ1) is 12.9. The Morgan fingerprint density at radius 1 is 1.31 bits per heavy atom. The molecule has 0 aromatic rings. The number of hydrogen-bond donors (Lipinski definition) is 0. The Hall–Kier alpha value is -1.17. The second-order valence-corrected chi connectivity index (χ2v) is 5.78. The third-order valence-electron chi connectivity index (χ3n) is 2.46. The van der Waals surface area contributed by atoms with Crippen LogP contribution in [0.1, 0.15) is 47.5 Å². The number of carbonyl (C=O) groups excluding carboxylic acids is 1. The molecule has 1 amide bonds. The summed E-state index contributed by atoms with van der Waals surface area (Å²) in [4.78, 5) is 13.7. The van der Waals surface area contributed by atoms with Gasteiger partial charge in [0.15, 0.2) is 0 Å².